The monoisotopic (exact) mass is 610 g/mol. The Kier molecular flexibility index (Phi) is 8.59. The minimum atomic E-state index is -0.997. The van der Waals surface area contributed by atoms with E-state index in [1.165, 1.54) is 60.9 Å². The number of pyridine rings is 2. The first-order valence-electron chi connectivity index (χ1n) is 16.0. The molecule has 2 atom stereocenters. The second kappa shape index (κ2) is 12.5. The Balaban J connectivity index is 1.75. The van der Waals surface area contributed by atoms with E-state index in [0.717, 1.165) is 22.8 Å². The summed E-state index contributed by atoms with van der Waals surface area (Å²) in [7, 11) is -0.997. The number of carbonyl (C=O) groups excluding carboxylic acids is 1. The average Bonchev–Trinajstić information content (AvgIpc) is 2.96. The molecule has 228 valence electrons. The van der Waals surface area contributed by atoms with Crippen LogP contribution in [0.4, 0.5) is 0 Å². The van der Waals surface area contributed by atoms with E-state index in [-0.39, 0.29) is 11.3 Å². The molecule has 0 spiro atoms. The van der Waals surface area contributed by atoms with Gasteiger partial charge in [0.1, 0.15) is 5.78 Å². The molecule has 0 N–H and O–H groups in total. The van der Waals surface area contributed by atoms with Gasteiger partial charge in [0.15, 0.2) is 0 Å². The highest BCUT2D eigenvalue weighted by Crippen LogP contribution is 2.67. The summed E-state index contributed by atoms with van der Waals surface area (Å²) in [6.07, 6.45) is 0.992. The molecule has 45 heavy (non-hydrogen) atoms. The summed E-state index contributed by atoms with van der Waals surface area (Å²) in [6.45, 7) is 17.4. The van der Waals surface area contributed by atoms with Gasteiger partial charge in [0, 0.05) is 46.9 Å². The van der Waals surface area contributed by atoms with Gasteiger partial charge in [-0.05, 0) is 129 Å². The number of hydrogen-bond acceptors (Lipinski definition) is 3. The van der Waals surface area contributed by atoms with Crippen molar-refractivity contribution in [3.05, 3.63) is 135 Å². The second-order valence-electron chi connectivity index (χ2n) is 13.0. The SMILES string of the molecule is Cc1cc(C)c(-c2cccc(-c3c(C)cc(C)cc3C)c2P2C(c3cccc(C)n3)CC(=O)CC2c2cccc(C)n2)c(C)c1. The molecular formula is C41H43N2OP. The van der Waals surface area contributed by atoms with Gasteiger partial charge in [-0.15, -0.1) is 0 Å². The molecule has 1 saturated heterocycles. The van der Waals surface area contributed by atoms with E-state index in [9.17, 15) is 4.79 Å². The highest BCUT2D eigenvalue weighted by molar-refractivity contribution is 7.67. The highest BCUT2D eigenvalue weighted by Gasteiger charge is 2.43. The van der Waals surface area contributed by atoms with E-state index < -0.39 is 7.92 Å². The summed E-state index contributed by atoms with van der Waals surface area (Å²) in [5.41, 5.74) is 16.8. The largest absolute Gasteiger partial charge is 0.300 e. The smallest absolute Gasteiger partial charge is 0.134 e. The van der Waals surface area contributed by atoms with E-state index >= 15 is 0 Å². The van der Waals surface area contributed by atoms with E-state index in [1.807, 2.05) is 26.0 Å². The summed E-state index contributed by atoms with van der Waals surface area (Å²) in [5.74, 6) is 0.291. The predicted molar refractivity (Wildman–Crippen MR) is 190 cm³/mol. The fraction of sp³-hybridized carbons (Fsp3) is 0.293. The van der Waals surface area contributed by atoms with Crippen molar-refractivity contribution in [1.82, 2.24) is 9.97 Å². The summed E-state index contributed by atoms with van der Waals surface area (Å²) >= 11 is 0. The van der Waals surface area contributed by atoms with Gasteiger partial charge in [-0.3, -0.25) is 14.8 Å². The van der Waals surface area contributed by atoms with Gasteiger partial charge in [0.2, 0.25) is 0 Å². The number of rotatable bonds is 5. The van der Waals surface area contributed by atoms with Crippen molar-refractivity contribution >= 4 is 19.0 Å². The molecule has 6 rings (SSSR count). The van der Waals surface area contributed by atoms with E-state index in [2.05, 4.69) is 108 Å². The van der Waals surface area contributed by atoms with E-state index in [0.29, 0.717) is 18.6 Å². The van der Waals surface area contributed by atoms with E-state index in [1.54, 1.807) is 0 Å². The Labute approximate surface area is 269 Å². The topological polar surface area (TPSA) is 42.9 Å². The van der Waals surface area contributed by atoms with Gasteiger partial charge in [0.05, 0.1) is 0 Å². The molecule has 1 aliphatic rings. The summed E-state index contributed by atoms with van der Waals surface area (Å²) < 4.78 is 0. The Morgan fingerprint density at radius 2 is 0.933 bits per heavy atom. The van der Waals surface area contributed by atoms with Gasteiger partial charge in [-0.25, -0.2) is 0 Å². The quantitative estimate of drug-likeness (QED) is 0.186. The number of carbonyl (C=O) groups is 1. The standard InChI is InChI=1S/C41H43N2OP/c1-24-18-26(3)39(27(4)19-24)33-14-11-15-34(40-28(5)20-25(2)21-29(40)6)41(33)45-37(35-16-9-12-30(7)42-35)22-32(44)23-38(45)36-17-10-13-31(8)43-36/h9-21,37-38H,22-23H2,1-8H3. The minimum absolute atomic E-state index is 0.0227. The molecule has 0 radical (unpaired) electrons. The van der Waals surface area contributed by atoms with Gasteiger partial charge in [-0.2, -0.15) is 0 Å². The normalized spacial score (nSPS) is 18.3. The molecule has 1 fully saturated rings. The lowest BCUT2D eigenvalue weighted by Crippen LogP contribution is -2.27. The third-order valence-electron chi connectivity index (χ3n) is 9.20. The number of aromatic nitrogens is 2. The minimum Gasteiger partial charge on any atom is -0.300 e. The lowest BCUT2D eigenvalue weighted by Gasteiger charge is -2.40. The maximum Gasteiger partial charge on any atom is 0.134 e. The zero-order valence-corrected chi connectivity index (χ0v) is 28.7. The molecule has 2 aromatic heterocycles. The van der Waals surface area contributed by atoms with Gasteiger partial charge < -0.3 is 0 Å². The molecule has 0 bridgehead atoms. The predicted octanol–water partition coefficient (Wildman–Crippen LogP) is 10.2. The third kappa shape index (κ3) is 6.03. The number of aryl methyl sites for hydroxylation is 8. The lowest BCUT2D eigenvalue weighted by atomic mass is 9.89. The summed E-state index contributed by atoms with van der Waals surface area (Å²) in [6, 6.07) is 28.7. The summed E-state index contributed by atoms with van der Waals surface area (Å²) in [4.78, 5) is 23.9. The van der Waals surface area contributed by atoms with Crippen LogP contribution in [0.1, 0.15) is 80.3 Å². The van der Waals surface area contributed by atoms with Crippen LogP contribution < -0.4 is 5.30 Å². The van der Waals surface area contributed by atoms with E-state index in [4.69, 9.17) is 9.97 Å². The van der Waals surface area contributed by atoms with Crippen molar-refractivity contribution in [2.75, 3.05) is 0 Å². The van der Waals surface area contributed by atoms with Crippen LogP contribution in [0.5, 0.6) is 0 Å². The molecule has 2 unspecified atom stereocenters. The van der Waals surface area contributed by atoms with Crippen molar-refractivity contribution in [2.24, 2.45) is 0 Å². The van der Waals surface area contributed by atoms with Crippen molar-refractivity contribution in [3.8, 4) is 22.3 Å². The summed E-state index contributed by atoms with van der Waals surface area (Å²) in [5, 5.41) is 1.37. The Morgan fingerprint density at radius 1 is 0.556 bits per heavy atom. The van der Waals surface area contributed by atoms with Crippen LogP contribution in [0.15, 0.2) is 78.9 Å². The number of ketones is 1. The Bertz CT molecular complexity index is 1760. The van der Waals surface area contributed by atoms with Crippen LogP contribution in [0.3, 0.4) is 0 Å². The van der Waals surface area contributed by atoms with Crippen LogP contribution >= 0.6 is 7.92 Å². The Hall–Kier alpha value is -3.94. The molecule has 5 aromatic rings. The molecule has 0 aliphatic carbocycles. The van der Waals surface area contributed by atoms with Gasteiger partial charge in [0.25, 0.3) is 0 Å². The molecule has 0 amide bonds. The fourth-order valence-electron chi connectivity index (χ4n) is 7.67. The lowest BCUT2D eigenvalue weighted by molar-refractivity contribution is -0.119. The molecule has 3 nitrogen and oxygen atoms in total. The molecule has 3 heterocycles. The van der Waals surface area contributed by atoms with Crippen LogP contribution in [-0.2, 0) is 4.79 Å². The first-order chi connectivity index (χ1) is 21.5. The highest BCUT2D eigenvalue weighted by atomic mass is 31.1. The maximum atomic E-state index is 13.7. The van der Waals surface area contributed by atoms with Crippen LogP contribution in [0.25, 0.3) is 22.3 Å². The van der Waals surface area contributed by atoms with Crippen LogP contribution in [0.2, 0.25) is 0 Å². The molecular weight excluding hydrogens is 567 g/mol. The second-order valence-corrected chi connectivity index (χ2v) is 15.6. The zero-order chi connectivity index (χ0) is 32.0. The molecule has 4 heteroatoms. The first-order valence-corrected chi connectivity index (χ1v) is 17.5. The Morgan fingerprint density at radius 3 is 1.31 bits per heavy atom. The maximum absolute atomic E-state index is 13.7. The third-order valence-corrected chi connectivity index (χ3v) is 12.4. The van der Waals surface area contributed by atoms with Crippen molar-refractivity contribution in [1.29, 1.82) is 0 Å². The van der Waals surface area contributed by atoms with Crippen LogP contribution in [-0.4, -0.2) is 15.8 Å². The van der Waals surface area contributed by atoms with Gasteiger partial charge in [-0.1, -0.05) is 73.6 Å². The number of hydrogen-bond donors (Lipinski definition) is 0. The molecule has 0 saturated carbocycles. The van der Waals surface area contributed by atoms with Crippen molar-refractivity contribution in [2.45, 2.75) is 79.5 Å². The van der Waals surface area contributed by atoms with Gasteiger partial charge >= 0.3 is 0 Å². The van der Waals surface area contributed by atoms with Crippen molar-refractivity contribution < 1.29 is 4.79 Å². The van der Waals surface area contributed by atoms with Crippen molar-refractivity contribution in [3.63, 3.8) is 0 Å². The zero-order valence-electron chi connectivity index (χ0n) is 27.8. The fourth-order valence-corrected chi connectivity index (χ4v) is 11.3. The number of benzene rings is 3. The van der Waals surface area contributed by atoms with Crippen LogP contribution in [0, 0.1) is 55.4 Å². The molecule has 3 aromatic carbocycles. The first kappa shape index (κ1) is 31.1. The molecule has 1 aliphatic heterocycles. The number of Topliss-reactive ketones (excluding diaryl/α,β-unsaturated/α-hetero) is 1. The average molecular weight is 611 g/mol. The number of nitrogens with zero attached hydrogens (tertiary/aromatic N) is 2.